The SMILES string of the molecule is CCOC(=O)[C@@H]1C(=O)N[C@]23CCN([C@@H](C)c4ccccc4)C[C@H]2[C@H]1c1ccccc1O3. The maximum absolute atomic E-state index is 13.1. The molecule has 0 spiro atoms. The van der Waals surface area contributed by atoms with E-state index in [4.69, 9.17) is 9.47 Å². The van der Waals surface area contributed by atoms with Gasteiger partial charge in [0, 0.05) is 37.4 Å². The lowest BCUT2D eigenvalue weighted by Crippen LogP contribution is -2.73. The molecule has 3 heterocycles. The average Bonchev–Trinajstić information content (AvgIpc) is 2.78. The standard InChI is InChI=1S/C25H28N2O4/c1-3-30-24(29)22-21-18-11-7-8-12-20(18)31-25(26-23(22)28)13-14-27(15-19(21)25)16(2)17-9-5-4-6-10-17/h4-12,16,19,21-22H,3,13-15H2,1-2H3,(H,26,28)/t16-,19-,21+,22-,25-/m0/s1. The molecular weight excluding hydrogens is 392 g/mol. The van der Waals surface area contributed by atoms with Gasteiger partial charge in [-0.25, -0.2) is 0 Å². The predicted octanol–water partition coefficient (Wildman–Crippen LogP) is 3.25. The Labute approximate surface area is 182 Å². The van der Waals surface area contributed by atoms with E-state index >= 15 is 0 Å². The first kappa shape index (κ1) is 20.1. The first-order valence-corrected chi connectivity index (χ1v) is 11.1. The molecule has 1 N–H and O–H groups in total. The van der Waals surface area contributed by atoms with Crippen LogP contribution in [0.15, 0.2) is 54.6 Å². The molecule has 3 aliphatic rings. The van der Waals surface area contributed by atoms with E-state index in [9.17, 15) is 9.59 Å². The Kier molecular flexibility index (Phi) is 4.97. The van der Waals surface area contributed by atoms with Crippen molar-refractivity contribution in [1.29, 1.82) is 0 Å². The fourth-order valence-corrected chi connectivity index (χ4v) is 5.60. The van der Waals surface area contributed by atoms with Gasteiger partial charge in [0.2, 0.25) is 5.91 Å². The number of ether oxygens (including phenoxy) is 2. The number of benzene rings is 2. The van der Waals surface area contributed by atoms with E-state index in [2.05, 4.69) is 41.4 Å². The van der Waals surface area contributed by atoms with E-state index in [-0.39, 0.29) is 30.4 Å². The van der Waals surface area contributed by atoms with E-state index in [0.717, 1.165) is 24.4 Å². The summed E-state index contributed by atoms with van der Waals surface area (Å²) in [6, 6.07) is 18.4. The second kappa shape index (κ2) is 7.68. The lowest BCUT2D eigenvalue weighted by atomic mass is 9.64. The molecule has 31 heavy (non-hydrogen) atoms. The highest BCUT2D eigenvalue weighted by atomic mass is 16.5. The van der Waals surface area contributed by atoms with Crippen molar-refractivity contribution < 1.29 is 19.1 Å². The summed E-state index contributed by atoms with van der Waals surface area (Å²) >= 11 is 0. The molecule has 5 atom stereocenters. The fourth-order valence-electron chi connectivity index (χ4n) is 5.60. The molecule has 2 fully saturated rings. The fraction of sp³-hybridized carbons (Fsp3) is 0.440. The minimum Gasteiger partial charge on any atom is -0.467 e. The van der Waals surface area contributed by atoms with Crippen molar-refractivity contribution in [3.8, 4) is 5.75 Å². The topological polar surface area (TPSA) is 67.9 Å². The van der Waals surface area contributed by atoms with Crippen LogP contribution >= 0.6 is 0 Å². The summed E-state index contributed by atoms with van der Waals surface area (Å²) in [5.41, 5.74) is 1.39. The molecule has 2 saturated heterocycles. The van der Waals surface area contributed by atoms with Crippen LogP contribution in [0.5, 0.6) is 5.75 Å². The summed E-state index contributed by atoms with van der Waals surface area (Å²) < 4.78 is 11.8. The van der Waals surface area contributed by atoms with Gasteiger partial charge in [0.25, 0.3) is 0 Å². The number of hydrogen-bond donors (Lipinski definition) is 1. The van der Waals surface area contributed by atoms with Gasteiger partial charge < -0.3 is 14.8 Å². The van der Waals surface area contributed by atoms with Gasteiger partial charge in [0.15, 0.2) is 5.72 Å². The Morgan fingerprint density at radius 1 is 1.23 bits per heavy atom. The minimum atomic E-state index is -0.866. The zero-order valence-electron chi connectivity index (χ0n) is 17.9. The summed E-state index contributed by atoms with van der Waals surface area (Å²) in [5, 5.41) is 3.10. The third-order valence-electron chi connectivity index (χ3n) is 7.15. The molecule has 6 heteroatoms. The number of para-hydroxylation sites is 1. The Bertz CT molecular complexity index is 994. The Balaban J connectivity index is 1.54. The zero-order valence-corrected chi connectivity index (χ0v) is 17.9. The first-order chi connectivity index (χ1) is 15.0. The molecule has 2 aromatic carbocycles. The smallest absolute Gasteiger partial charge is 0.319 e. The molecule has 3 aliphatic heterocycles. The first-order valence-electron chi connectivity index (χ1n) is 11.1. The van der Waals surface area contributed by atoms with Crippen molar-refractivity contribution in [2.45, 2.75) is 38.0 Å². The van der Waals surface area contributed by atoms with Crippen molar-refractivity contribution in [3.05, 3.63) is 65.7 Å². The molecule has 0 aromatic heterocycles. The predicted molar refractivity (Wildman–Crippen MR) is 115 cm³/mol. The lowest BCUT2D eigenvalue weighted by Gasteiger charge is -2.58. The zero-order chi connectivity index (χ0) is 21.6. The van der Waals surface area contributed by atoms with Gasteiger partial charge >= 0.3 is 5.97 Å². The number of esters is 1. The van der Waals surface area contributed by atoms with E-state index in [1.807, 2.05) is 30.3 Å². The maximum Gasteiger partial charge on any atom is 0.319 e. The van der Waals surface area contributed by atoms with Crippen molar-refractivity contribution in [3.63, 3.8) is 0 Å². The molecule has 5 rings (SSSR count). The number of amides is 1. The molecule has 162 valence electrons. The van der Waals surface area contributed by atoms with Crippen molar-refractivity contribution >= 4 is 11.9 Å². The quantitative estimate of drug-likeness (QED) is 0.608. The third-order valence-corrected chi connectivity index (χ3v) is 7.15. The van der Waals surface area contributed by atoms with Crippen LogP contribution in [-0.4, -0.2) is 42.2 Å². The average molecular weight is 421 g/mol. The summed E-state index contributed by atoms with van der Waals surface area (Å²) in [4.78, 5) is 28.4. The monoisotopic (exact) mass is 420 g/mol. The van der Waals surface area contributed by atoms with E-state index < -0.39 is 17.6 Å². The van der Waals surface area contributed by atoms with Crippen molar-refractivity contribution in [2.75, 3.05) is 19.7 Å². The van der Waals surface area contributed by atoms with Crippen LogP contribution in [0, 0.1) is 11.8 Å². The van der Waals surface area contributed by atoms with Gasteiger partial charge in [-0.1, -0.05) is 48.5 Å². The molecule has 2 aromatic rings. The summed E-state index contributed by atoms with van der Waals surface area (Å²) in [5.74, 6) is -1.18. The van der Waals surface area contributed by atoms with E-state index in [1.165, 1.54) is 5.56 Å². The summed E-state index contributed by atoms with van der Waals surface area (Å²) in [6.45, 7) is 5.75. The number of hydrogen-bond acceptors (Lipinski definition) is 5. The van der Waals surface area contributed by atoms with Crippen LogP contribution in [-0.2, 0) is 14.3 Å². The van der Waals surface area contributed by atoms with Crippen LogP contribution in [0.25, 0.3) is 0 Å². The minimum absolute atomic E-state index is 0.0468. The molecule has 1 amide bonds. The van der Waals surface area contributed by atoms with Gasteiger partial charge in [-0.15, -0.1) is 0 Å². The molecule has 0 radical (unpaired) electrons. The van der Waals surface area contributed by atoms with E-state index in [1.54, 1.807) is 6.92 Å². The number of carbonyl (C=O) groups is 2. The Morgan fingerprint density at radius 3 is 2.74 bits per heavy atom. The van der Waals surface area contributed by atoms with Crippen LogP contribution in [0.3, 0.4) is 0 Å². The number of carbonyl (C=O) groups excluding carboxylic acids is 2. The van der Waals surface area contributed by atoms with Gasteiger partial charge in [-0.05, 0) is 31.0 Å². The van der Waals surface area contributed by atoms with E-state index in [0.29, 0.717) is 6.42 Å². The van der Waals surface area contributed by atoms with Gasteiger partial charge in [-0.3, -0.25) is 14.5 Å². The number of rotatable bonds is 4. The molecule has 0 unspecified atom stereocenters. The highest BCUT2D eigenvalue weighted by molar-refractivity contribution is 6.00. The number of fused-ring (bicyclic) bond motifs is 2. The van der Waals surface area contributed by atoms with Crippen LogP contribution < -0.4 is 10.1 Å². The number of nitrogens with zero attached hydrogens (tertiary/aromatic N) is 1. The van der Waals surface area contributed by atoms with Crippen LogP contribution in [0.1, 0.15) is 43.4 Å². The number of piperidine rings is 2. The lowest BCUT2D eigenvalue weighted by molar-refractivity contribution is -0.176. The normalized spacial score (nSPS) is 30.3. The summed E-state index contributed by atoms with van der Waals surface area (Å²) in [7, 11) is 0. The van der Waals surface area contributed by atoms with Gasteiger partial charge in [0.05, 0.1) is 6.61 Å². The molecule has 6 nitrogen and oxygen atoms in total. The largest absolute Gasteiger partial charge is 0.467 e. The molecular formula is C25H28N2O4. The number of likely N-dealkylation sites (tertiary alicyclic amines) is 1. The highest BCUT2D eigenvalue weighted by Crippen LogP contribution is 2.54. The second-order valence-electron chi connectivity index (χ2n) is 8.71. The second-order valence-corrected chi connectivity index (χ2v) is 8.71. The van der Waals surface area contributed by atoms with Crippen molar-refractivity contribution in [1.82, 2.24) is 10.2 Å². The summed E-state index contributed by atoms with van der Waals surface area (Å²) in [6.07, 6.45) is 0.668. The molecule has 2 bridgehead atoms. The Morgan fingerprint density at radius 2 is 1.97 bits per heavy atom. The Hall–Kier alpha value is -2.86. The van der Waals surface area contributed by atoms with Gasteiger partial charge in [0.1, 0.15) is 11.7 Å². The molecule has 0 aliphatic carbocycles. The van der Waals surface area contributed by atoms with Crippen LogP contribution in [0.4, 0.5) is 0 Å². The van der Waals surface area contributed by atoms with Crippen LogP contribution in [0.2, 0.25) is 0 Å². The third kappa shape index (κ3) is 3.21. The van der Waals surface area contributed by atoms with Crippen molar-refractivity contribution in [2.24, 2.45) is 11.8 Å². The highest BCUT2D eigenvalue weighted by Gasteiger charge is 2.62. The van der Waals surface area contributed by atoms with Gasteiger partial charge in [-0.2, -0.15) is 0 Å². The maximum atomic E-state index is 13.1. The number of nitrogens with one attached hydrogen (secondary N) is 1. The molecule has 0 saturated carbocycles.